The molecule has 0 saturated carbocycles. The van der Waals surface area contributed by atoms with Gasteiger partial charge in [0.15, 0.2) is 15.9 Å². The fourth-order valence-electron chi connectivity index (χ4n) is 3.05. The molecule has 1 aromatic heterocycles. The Bertz CT molecular complexity index is 1180. The number of aromatic nitrogens is 2. The van der Waals surface area contributed by atoms with Crippen molar-refractivity contribution in [2.75, 3.05) is 13.4 Å². The predicted molar refractivity (Wildman–Crippen MR) is 111 cm³/mol. The lowest BCUT2D eigenvalue weighted by molar-refractivity contribution is -0.147. The van der Waals surface area contributed by atoms with Crippen LogP contribution in [0.3, 0.4) is 0 Å². The highest BCUT2D eigenvalue weighted by Crippen LogP contribution is 2.19. The molecule has 2 aromatic carbocycles. The SMILES string of the molecule is COc1ccc(C(=O)[C@H](C)OC(=O)Cn2c(CS(C)(=O)=O)nc3ccccc32)cc1. The van der Waals surface area contributed by atoms with Crippen molar-refractivity contribution in [2.24, 2.45) is 0 Å². The minimum atomic E-state index is -3.36. The zero-order chi connectivity index (χ0) is 21.9. The Morgan fingerprint density at radius 3 is 2.40 bits per heavy atom. The van der Waals surface area contributed by atoms with Crippen molar-refractivity contribution >= 4 is 32.6 Å². The summed E-state index contributed by atoms with van der Waals surface area (Å²) in [6, 6.07) is 13.5. The van der Waals surface area contributed by atoms with Crippen molar-refractivity contribution < 1.29 is 27.5 Å². The molecular formula is C21H22N2O6S. The Balaban J connectivity index is 1.77. The van der Waals surface area contributed by atoms with E-state index >= 15 is 0 Å². The number of methoxy groups -OCH3 is 1. The van der Waals surface area contributed by atoms with Gasteiger partial charge in [-0.05, 0) is 43.3 Å². The van der Waals surface area contributed by atoms with Gasteiger partial charge in [0, 0.05) is 11.8 Å². The van der Waals surface area contributed by atoms with Gasteiger partial charge in [-0.3, -0.25) is 9.59 Å². The minimum absolute atomic E-state index is 0.241. The zero-order valence-corrected chi connectivity index (χ0v) is 17.7. The molecule has 0 N–H and O–H groups in total. The molecule has 158 valence electrons. The number of hydrogen-bond acceptors (Lipinski definition) is 7. The van der Waals surface area contributed by atoms with Crippen LogP contribution in [0.25, 0.3) is 11.0 Å². The number of fused-ring (bicyclic) bond motifs is 1. The molecule has 0 fully saturated rings. The monoisotopic (exact) mass is 430 g/mol. The lowest BCUT2D eigenvalue weighted by Crippen LogP contribution is -2.27. The fourth-order valence-corrected chi connectivity index (χ4v) is 3.74. The summed E-state index contributed by atoms with van der Waals surface area (Å²) in [6.45, 7) is 1.24. The number of hydrogen-bond donors (Lipinski definition) is 0. The minimum Gasteiger partial charge on any atom is -0.497 e. The van der Waals surface area contributed by atoms with Crippen molar-refractivity contribution in [3.63, 3.8) is 0 Å². The molecule has 0 aliphatic rings. The van der Waals surface area contributed by atoms with Gasteiger partial charge >= 0.3 is 5.97 Å². The normalized spacial score (nSPS) is 12.5. The number of nitrogens with zero attached hydrogens (tertiary/aromatic N) is 2. The molecule has 0 amide bonds. The van der Waals surface area contributed by atoms with Gasteiger partial charge in [0.1, 0.15) is 23.9 Å². The van der Waals surface area contributed by atoms with E-state index in [9.17, 15) is 18.0 Å². The van der Waals surface area contributed by atoms with Gasteiger partial charge in [0.05, 0.1) is 18.1 Å². The van der Waals surface area contributed by atoms with E-state index in [-0.39, 0.29) is 23.9 Å². The average Bonchev–Trinajstić information content (AvgIpc) is 3.02. The molecular weight excluding hydrogens is 408 g/mol. The van der Waals surface area contributed by atoms with Crippen LogP contribution in [0.2, 0.25) is 0 Å². The number of esters is 1. The first-order valence-corrected chi connectivity index (χ1v) is 11.2. The average molecular weight is 430 g/mol. The molecule has 9 heteroatoms. The smallest absolute Gasteiger partial charge is 0.326 e. The van der Waals surface area contributed by atoms with Crippen LogP contribution >= 0.6 is 0 Å². The summed E-state index contributed by atoms with van der Waals surface area (Å²) in [7, 11) is -1.83. The first-order chi connectivity index (χ1) is 14.2. The largest absolute Gasteiger partial charge is 0.497 e. The molecule has 3 rings (SSSR count). The van der Waals surface area contributed by atoms with Crippen molar-refractivity contribution in [1.82, 2.24) is 9.55 Å². The second-order valence-corrected chi connectivity index (χ2v) is 9.04. The summed E-state index contributed by atoms with van der Waals surface area (Å²) in [4.78, 5) is 29.4. The summed E-state index contributed by atoms with van der Waals surface area (Å²) in [5.74, 6) is -0.471. The topological polar surface area (TPSA) is 105 Å². The first-order valence-electron chi connectivity index (χ1n) is 9.17. The number of ketones is 1. The van der Waals surface area contributed by atoms with E-state index in [1.54, 1.807) is 48.5 Å². The van der Waals surface area contributed by atoms with E-state index < -0.39 is 21.9 Å². The third-order valence-electron chi connectivity index (χ3n) is 4.46. The van der Waals surface area contributed by atoms with Crippen LogP contribution in [0.15, 0.2) is 48.5 Å². The van der Waals surface area contributed by atoms with E-state index in [4.69, 9.17) is 9.47 Å². The maximum atomic E-state index is 12.5. The third kappa shape index (κ3) is 5.04. The molecule has 0 bridgehead atoms. The summed E-state index contributed by atoms with van der Waals surface area (Å²) in [5, 5.41) is 0. The van der Waals surface area contributed by atoms with Gasteiger partial charge in [-0.1, -0.05) is 12.1 Å². The summed E-state index contributed by atoms with van der Waals surface area (Å²) < 4.78 is 35.4. The number of sulfone groups is 1. The number of ether oxygens (including phenoxy) is 2. The van der Waals surface area contributed by atoms with Crippen LogP contribution in [0, 0.1) is 0 Å². The highest BCUT2D eigenvalue weighted by atomic mass is 32.2. The molecule has 30 heavy (non-hydrogen) atoms. The quantitative estimate of drug-likeness (QED) is 0.399. The maximum Gasteiger partial charge on any atom is 0.326 e. The Kier molecular flexibility index (Phi) is 6.21. The molecule has 3 aromatic rings. The van der Waals surface area contributed by atoms with Crippen LogP contribution in [0.5, 0.6) is 5.75 Å². The van der Waals surface area contributed by atoms with Gasteiger partial charge < -0.3 is 14.0 Å². The van der Waals surface area contributed by atoms with Gasteiger partial charge in [0.2, 0.25) is 5.78 Å². The number of carbonyl (C=O) groups excluding carboxylic acids is 2. The molecule has 0 aliphatic carbocycles. The van der Waals surface area contributed by atoms with E-state index in [0.29, 0.717) is 22.3 Å². The maximum absolute atomic E-state index is 12.5. The van der Waals surface area contributed by atoms with Crippen molar-refractivity contribution in [1.29, 1.82) is 0 Å². The van der Waals surface area contributed by atoms with Crippen molar-refractivity contribution in [3.05, 3.63) is 59.9 Å². The van der Waals surface area contributed by atoms with E-state index in [2.05, 4.69) is 4.98 Å². The van der Waals surface area contributed by atoms with Crippen LogP contribution in [-0.4, -0.2) is 49.2 Å². The molecule has 1 heterocycles. The summed E-state index contributed by atoms with van der Waals surface area (Å²) in [6.07, 6.45) is 0.101. The molecule has 1 atom stereocenters. The lowest BCUT2D eigenvalue weighted by Gasteiger charge is -2.14. The number of para-hydroxylation sites is 2. The van der Waals surface area contributed by atoms with Crippen LogP contribution in [0.4, 0.5) is 0 Å². The standard InChI is InChI=1S/C21H22N2O6S/c1-14(21(25)15-8-10-16(28-2)11-9-15)29-20(24)12-23-18-7-5-4-6-17(18)22-19(23)13-30(3,26)27/h4-11,14H,12-13H2,1-3H3/t14-/m0/s1. The molecule has 0 saturated heterocycles. The molecule has 8 nitrogen and oxygen atoms in total. The fraction of sp³-hybridized carbons (Fsp3) is 0.286. The predicted octanol–water partition coefficient (Wildman–Crippen LogP) is 2.40. The zero-order valence-electron chi connectivity index (χ0n) is 16.9. The number of benzene rings is 2. The van der Waals surface area contributed by atoms with Crippen LogP contribution in [-0.2, 0) is 31.7 Å². The van der Waals surface area contributed by atoms with Gasteiger partial charge in [-0.25, -0.2) is 13.4 Å². The van der Waals surface area contributed by atoms with Crippen LogP contribution in [0.1, 0.15) is 23.1 Å². The highest BCUT2D eigenvalue weighted by molar-refractivity contribution is 7.89. The Morgan fingerprint density at radius 1 is 1.10 bits per heavy atom. The molecule has 0 unspecified atom stereocenters. The highest BCUT2D eigenvalue weighted by Gasteiger charge is 2.22. The second-order valence-electron chi connectivity index (χ2n) is 6.90. The van der Waals surface area contributed by atoms with Crippen molar-refractivity contribution in [2.45, 2.75) is 25.3 Å². The lowest BCUT2D eigenvalue weighted by atomic mass is 10.1. The van der Waals surface area contributed by atoms with Crippen molar-refractivity contribution in [3.8, 4) is 5.75 Å². The van der Waals surface area contributed by atoms with E-state index in [1.165, 1.54) is 18.6 Å². The van der Waals surface area contributed by atoms with Crippen LogP contribution < -0.4 is 4.74 Å². The number of Topliss-reactive ketones (excluding diaryl/α,β-unsaturated/α-hetero) is 1. The van der Waals surface area contributed by atoms with E-state index in [0.717, 1.165) is 6.26 Å². The molecule has 0 radical (unpaired) electrons. The summed E-state index contributed by atoms with van der Waals surface area (Å²) in [5.41, 5.74) is 1.58. The number of imidazole rings is 1. The van der Waals surface area contributed by atoms with Gasteiger partial charge in [0.25, 0.3) is 0 Å². The second kappa shape index (κ2) is 8.66. The molecule has 0 spiro atoms. The Morgan fingerprint density at radius 2 is 1.77 bits per heavy atom. The van der Waals surface area contributed by atoms with Gasteiger partial charge in [-0.15, -0.1) is 0 Å². The van der Waals surface area contributed by atoms with Gasteiger partial charge in [-0.2, -0.15) is 0 Å². The summed E-state index contributed by atoms with van der Waals surface area (Å²) >= 11 is 0. The Hall–Kier alpha value is -3.20. The number of rotatable bonds is 8. The molecule has 0 aliphatic heterocycles. The number of carbonyl (C=O) groups is 2. The van der Waals surface area contributed by atoms with E-state index in [1.807, 2.05) is 0 Å². The third-order valence-corrected chi connectivity index (χ3v) is 5.25. The Labute approximate surface area is 174 Å². The first kappa shape index (κ1) is 21.5.